The molecule has 0 aromatic carbocycles. The number of carbonyl (C=O) groups excluding carboxylic acids is 1. The second kappa shape index (κ2) is 6.72. The molecule has 0 radical (unpaired) electrons. The summed E-state index contributed by atoms with van der Waals surface area (Å²) in [7, 11) is 3.84. The van der Waals surface area contributed by atoms with Gasteiger partial charge in [-0.1, -0.05) is 24.2 Å². The average Bonchev–Trinajstić information content (AvgIpc) is 3.06. The van der Waals surface area contributed by atoms with Gasteiger partial charge in [0.1, 0.15) is 6.04 Å². The molecular weight excluding hydrogens is 310 g/mol. The Morgan fingerprint density at radius 2 is 2.08 bits per heavy atom. The molecule has 1 amide bonds. The van der Waals surface area contributed by atoms with Crippen LogP contribution in [0.25, 0.3) is 0 Å². The Morgan fingerprint density at radius 1 is 1.33 bits per heavy atom. The average molecular weight is 333 g/mol. The van der Waals surface area contributed by atoms with Crippen LogP contribution >= 0.6 is 0 Å². The van der Waals surface area contributed by atoms with Gasteiger partial charge in [-0.05, 0) is 32.9 Å². The Bertz CT molecular complexity index is 702. The topological polar surface area (TPSA) is 97.3 Å². The smallest absolute Gasteiger partial charge is 0.274 e. The molecule has 2 aromatic rings. The normalized spacial score (nSPS) is 15.9. The summed E-state index contributed by atoms with van der Waals surface area (Å²) in [5, 5.41) is 10.8. The minimum atomic E-state index is -0.355. The van der Waals surface area contributed by atoms with Gasteiger partial charge in [-0.2, -0.15) is 4.98 Å². The summed E-state index contributed by atoms with van der Waals surface area (Å²) >= 11 is 0. The highest BCUT2D eigenvalue weighted by atomic mass is 16.5. The maximum absolute atomic E-state index is 12.4. The minimum Gasteiger partial charge on any atom is -0.359 e. The molecule has 1 unspecified atom stereocenters. The monoisotopic (exact) mass is 333 g/mol. The molecule has 3 rings (SSSR count). The van der Waals surface area contributed by atoms with Crippen LogP contribution in [0.5, 0.6) is 0 Å². The van der Waals surface area contributed by atoms with Gasteiger partial charge in [0.05, 0.1) is 6.54 Å². The number of nitrogens with one attached hydrogen (secondary N) is 1. The molecule has 1 atom stereocenters. The molecule has 8 heteroatoms. The van der Waals surface area contributed by atoms with Gasteiger partial charge in [0.15, 0.2) is 17.3 Å². The third kappa shape index (κ3) is 3.81. The highest BCUT2D eigenvalue weighted by molar-refractivity contribution is 5.92. The van der Waals surface area contributed by atoms with E-state index < -0.39 is 0 Å². The first-order chi connectivity index (χ1) is 11.4. The molecular formula is C16H23N5O3. The lowest BCUT2D eigenvalue weighted by molar-refractivity contribution is 0.0904. The Labute approximate surface area is 140 Å². The molecule has 1 fully saturated rings. The number of rotatable bonds is 7. The van der Waals surface area contributed by atoms with Gasteiger partial charge in [0, 0.05) is 12.0 Å². The van der Waals surface area contributed by atoms with E-state index in [0.29, 0.717) is 24.1 Å². The molecule has 1 aliphatic rings. The second-order valence-corrected chi connectivity index (χ2v) is 6.88. The largest absolute Gasteiger partial charge is 0.359 e. The lowest BCUT2D eigenvalue weighted by atomic mass is 10.0. The zero-order valence-corrected chi connectivity index (χ0v) is 14.4. The summed E-state index contributed by atoms with van der Waals surface area (Å²) in [6, 6.07) is 1.29. The minimum absolute atomic E-state index is 0.106. The van der Waals surface area contributed by atoms with Gasteiger partial charge >= 0.3 is 0 Å². The summed E-state index contributed by atoms with van der Waals surface area (Å²) < 4.78 is 10.5. The highest BCUT2D eigenvalue weighted by Crippen LogP contribution is 2.38. The highest BCUT2D eigenvalue weighted by Gasteiger charge is 2.32. The van der Waals surface area contributed by atoms with Crippen LogP contribution in [0.15, 0.2) is 15.1 Å². The van der Waals surface area contributed by atoms with E-state index in [4.69, 9.17) is 9.05 Å². The fourth-order valence-corrected chi connectivity index (χ4v) is 2.42. The van der Waals surface area contributed by atoms with Crippen LogP contribution in [0.3, 0.4) is 0 Å². The van der Waals surface area contributed by atoms with Crippen molar-refractivity contribution in [3.63, 3.8) is 0 Å². The lowest BCUT2D eigenvalue weighted by Gasteiger charge is -2.17. The first kappa shape index (κ1) is 16.6. The predicted octanol–water partition coefficient (Wildman–Crippen LogP) is 2.12. The van der Waals surface area contributed by atoms with E-state index in [-0.39, 0.29) is 23.6 Å². The summed E-state index contributed by atoms with van der Waals surface area (Å²) in [6.45, 7) is 4.57. The van der Waals surface area contributed by atoms with Crippen molar-refractivity contribution in [2.24, 2.45) is 5.92 Å². The number of hydrogen-bond donors (Lipinski definition) is 1. The second-order valence-electron chi connectivity index (χ2n) is 6.88. The van der Waals surface area contributed by atoms with E-state index in [2.05, 4.69) is 20.6 Å². The van der Waals surface area contributed by atoms with Gasteiger partial charge < -0.3 is 19.3 Å². The predicted molar refractivity (Wildman–Crippen MR) is 85.2 cm³/mol. The fraction of sp³-hybridized carbons (Fsp3) is 0.625. The molecule has 24 heavy (non-hydrogen) atoms. The standard InChI is InChI=1S/C16H23N5O3/c1-9(2)13(16-18-14(20-24-16)10-5-6-10)17-15(22)12-7-11(23-19-12)8-21(3)4/h7,9-10,13H,5-6,8H2,1-4H3,(H,17,22). The molecule has 0 aliphatic heterocycles. The van der Waals surface area contributed by atoms with Crippen molar-refractivity contribution < 1.29 is 13.8 Å². The van der Waals surface area contributed by atoms with Crippen molar-refractivity contribution >= 4 is 5.91 Å². The van der Waals surface area contributed by atoms with Gasteiger partial charge in [-0.25, -0.2) is 0 Å². The summed E-state index contributed by atoms with van der Waals surface area (Å²) in [5.41, 5.74) is 0.249. The van der Waals surface area contributed by atoms with Gasteiger partial charge in [-0.3, -0.25) is 4.79 Å². The van der Waals surface area contributed by atoms with Crippen LogP contribution in [0.2, 0.25) is 0 Å². The van der Waals surface area contributed by atoms with Crippen LogP contribution in [0.4, 0.5) is 0 Å². The number of hydrogen-bond acceptors (Lipinski definition) is 7. The van der Waals surface area contributed by atoms with E-state index in [1.54, 1.807) is 6.07 Å². The van der Waals surface area contributed by atoms with Crippen LogP contribution in [0, 0.1) is 5.92 Å². The molecule has 1 saturated carbocycles. The van der Waals surface area contributed by atoms with Gasteiger partial charge in [0.2, 0.25) is 5.89 Å². The Morgan fingerprint density at radius 3 is 2.71 bits per heavy atom. The zero-order valence-electron chi connectivity index (χ0n) is 14.4. The maximum atomic E-state index is 12.4. The SMILES string of the molecule is CC(C)C(NC(=O)c1cc(CN(C)C)on1)c1nc(C2CC2)no1. The van der Waals surface area contributed by atoms with Crippen LogP contribution in [0.1, 0.15) is 66.6 Å². The Hall–Kier alpha value is -2.22. The molecule has 2 heterocycles. The first-order valence-electron chi connectivity index (χ1n) is 8.18. The number of carbonyl (C=O) groups is 1. The first-order valence-corrected chi connectivity index (χ1v) is 8.18. The molecule has 130 valence electrons. The van der Waals surface area contributed by atoms with Gasteiger partial charge in [-0.15, -0.1) is 0 Å². The lowest BCUT2D eigenvalue weighted by Crippen LogP contribution is -2.32. The molecule has 1 N–H and O–H groups in total. The molecule has 0 bridgehead atoms. The van der Waals surface area contributed by atoms with Crippen molar-refractivity contribution in [1.29, 1.82) is 0 Å². The summed E-state index contributed by atoms with van der Waals surface area (Å²) in [5.74, 6) is 2.02. The number of amides is 1. The van der Waals surface area contributed by atoms with E-state index in [1.165, 1.54) is 0 Å². The molecule has 1 aliphatic carbocycles. The molecule has 0 saturated heterocycles. The van der Waals surface area contributed by atoms with E-state index in [1.807, 2.05) is 32.8 Å². The van der Waals surface area contributed by atoms with E-state index >= 15 is 0 Å². The molecule has 8 nitrogen and oxygen atoms in total. The van der Waals surface area contributed by atoms with E-state index in [9.17, 15) is 4.79 Å². The van der Waals surface area contributed by atoms with Crippen molar-refractivity contribution in [3.05, 3.63) is 29.2 Å². The Balaban J connectivity index is 1.70. The zero-order chi connectivity index (χ0) is 17.3. The van der Waals surface area contributed by atoms with Crippen LogP contribution < -0.4 is 5.32 Å². The maximum Gasteiger partial charge on any atom is 0.274 e. The van der Waals surface area contributed by atoms with Crippen LogP contribution in [-0.2, 0) is 6.54 Å². The quantitative estimate of drug-likeness (QED) is 0.829. The Kier molecular flexibility index (Phi) is 4.66. The number of nitrogens with zero attached hydrogens (tertiary/aromatic N) is 4. The summed E-state index contributed by atoms with van der Waals surface area (Å²) in [4.78, 5) is 18.8. The third-order valence-electron chi connectivity index (χ3n) is 3.88. The van der Waals surface area contributed by atoms with E-state index in [0.717, 1.165) is 18.7 Å². The van der Waals surface area contributed by atoms with Crippen molar-refractivity contribution in [1.82, 2.24) is 25.5 Å². The van der Waals surface area contributed by atoms with Gasteiger partial charge in [0.25, 0.3) is 5.91 Å². The van der Waals surface area contributed by atoms with Crippen molar-refractivity contribution in [2.45, 2.75) is 45.2 Å². The van der Waals surface area contributed by atoms with Crippen molar-refractivity contribution in [3.8, 4) is 0 Å². The molecule has 0 spiro atoms. The third-order valence-corrected chi connectivity index (χ3v) is 3.88. The summed E-state index contributed by atoms with van der Waals surface area (Å²) in [6.07, 6.45) is 2.20. The molecule has 2 aromatic heterocycles. The van der Waals surface area contributed by atoms with Crippen LogP contribution in [-0.4, -0.2) is 40.2 Å². The fourth-order valence-electron chi connectivity index (χ4n) is 2.42. The van der Waals surface area contributed by atoms with Crippen molar-refractivity contribution in [2.75, 3.05) is 14.1 Å². The number of aromatic nitrogens is 3.